The van der Waals surface area contributed by atoms with E-state index in [-0.39, 0.29) is 23.8 Å². The monoisotopic (exact) mass is 360 g/mol. The quantitative estimate of drug-likeness (QED) is 0.753. The van der Waals surface area contributed by atoms with Crippen LogP contribution in [0.5, 0.6) is 5.88 Å². The first-order valence-electron chi connectivity index (χ1n) is 7.73. The van der Waals surface area contributed by atoms with E-state index in [0.717, 1.165) is 16.7 Å². The third kappa shape index (κ3) is 3.51. The number of hydrogen-bond acceptors (Lipinski definition) is 5. The maximum atomic E-state index is 13.7. The highest BCUT2D eigenvalue weighted by molar-refractivity contribution is 5.91. The summed E-state index contributed by atoms with van der Waals surface area (Å²) < 4.78 is 32.9. The van der Waals surface area contributed by atoms with Gasteiger partial charge in [-0.05, 0) is 31.2 Å². The topological polar surface area (TPSA) is 86.1 Å². The molecule has 0 fully saturated rings. The maximum absolute atomic E-state index is 13.7. The molecule has 0 radical (unpaired) electrons. The number of hydrogen-bond donors (Lipinski definition) is 1. The lowest BCUT2D eigenvalue weighted by molar-refractivity contribution is -0.116. The molecule has 1 N–H and O–H groups in total. The first kappa shape index (κ1) is 17.5. The highest BCUT2D eigenvalue weighted by Gasteiger charge is 2.16. The van der Waals surface area contributed by atoms with Gasteiger partial charge in [-0.15, -0.1) is 0 Å². The Balaban J connectivity index is 1.95. The van der Waals surface area contributed by atoms with Gasteiger partial charge in [0.15, 0.2) is 5.65 Å². The number of anilines is 1. The number of ether oxygens (including phenoxy) is 1. The van der Waals surface area contributed by atoms with Gasteiger partial charge in [-0.2, -0.15) is 0 Å². The summed E-state index contributed by atoms with van der Waals surface area (Å²) in [5.74, 6) is -2.52. The van der Waals surface area contributed by atoms with Crippen molar-refractivity contribution in [3.63, 3.8) is 0 Å². The van der Waals surface area contributed by atoms with Crippen LogP contribution < -0.4 is 15.6 Å². The predicted molar refractivity (Wildman–Crippen MR) is 90.0 cm³/mol. The predicted octanol–water partition coefficient (Wildman–Crippen LogP) is 2.11. The summed E-state index contributed by atoms with van der Waals surface area (Å²) >= 11 is 0. The first-order chi connectivity index (χ1) is 12.5. The summed E-state index contributed by atoms with van der Waals surface area (Å²) in [5.41, 5.74) is -0.263. The second-order valence-corrected chi connectivity index (χ2v) is 5.26. The van der Waals surface area contributed by atoms with Crippen molar-refractivity contribution in [3.05, 3.63) is 58.5 Å². The van der Waals surface area contributed by atoms with Crippen molar-refractivity contribution in [2.45, 2.75) is 13.5 Å². The van der Waals surface area contributed by atoms with Gasteiger partial charge in [0.1, 0.15) is 23.7 Å². The van der Waals surface area contributed by atoms with Crippen molar-refractivity contribution >= 4 is 22.8 Å². The molecular weight excluding hydrogens is 346 g/mol. The molecule has 134 valence electrons. The van der Waals surface area contributed by atoms with E-state index in [1.807, 2.05) is 0 Å². The number of amides is 1. The fraction of sp³-hybridized carbons (Fsp3) is 0.176. The van der Waals surface area contributed by atoms with Crippen molar-refractivity contribution in [1.29, 1.82) is 0 Å². The lowest BCUT2D eigenvalue weighted by Gasteiger charge is -2.12. The molecule has 2 heterocycles. The lowest BCUT2D eigenvalue weighted by atomic mass is 10.3. The molecule has 0 atom stereocenters. The zero-order chi connectivity index (χ0) is 18.7. The van der Waals surface area contributed by atoms with Gasteiger partial charge in [0, 0.05) is 12.3 Å². The largest absolute Gasteiger partial charge is 0.474 e. The number of halogens is 2. The molecule has 0 aliphatic rings. The van der Waals surface area contributed by atoms with E-state index in [9.17, 15) is 18.4 Å². The molecule has 0 unspecified atom stereocenters. The number of aromatic nitrogens is 3. The lowest BCUT2D eigenvalue weighted by Crippen LogP contribution is -2.30. The number of pyridine rings is 1. The van der Waals surface area contributed by atoms with Crippen molar-refractivity contribution in [3.8, 4) is 5.88 Å². The van der Waals surface area contributed by atoms with E-state index in [2.05, 4.69) is 15.3 Å². The summed E-state index contributed by atoms with van der Waals surface area (Å²) in [6, 6.07) is 6.02. The first-order valence-corrected chi connectivity index (χ1v) is 7.73. The number of nitrogens with zero attached hydrogens (tertiary/aromatic N) is 3. The smallest absolute Gasteiger partial charge is 0.315 e. The fourth-order valence-corrected chi connectivity index (χ4v) is 2.35. The zero-order valence-electron chi connectivity index (χ0n) is 13.7. The Morgan fingerprint density at radius 2 is 2.12 bits per heavy atom. The van der Waals surface area contributed by atoms with Crippen LogP contribution in [0.2, 0.25) is 0 Å². The number of fused-ring (bicyclic) bond motifs is 1. The van der Waals surface area contributed by atoms with Gasteiger partial charge < -0.3 is 10.1 Å². The van der Waals surface area contributed by atoms with Crippen LogP contribution in [0, 0.1) is 11.6 Å². The third-order valence-corrected chi connectivity index (χ3v) is 3.46. The Kier molecular flexibility index (Phi) is 4.87. The molecule has 1 amide bonds. The average Bonchev–Trinajstić information content (AvgIpc) is 2.61. The molecule has 0 saturated heterocycles. The van der Waals surface area contributed by atoms with E-state index in [0.29, 0.717) is 11.6 Å². The maximum Gasteiger partial charge on any atom is 0.315 e. The molecule has 0 aliphatic carbocycles. The van der Waals surface area contributed by atoms with Crippen LogP contribution in [0.25, 0.3) is 11.2 Å². The van der Waals surface area contributed by atoms with Crippen LogP contribution in [0.3, 0.4) is 0 Å². The summed E-state index contributed by atoms with van der Waals surface area (Å²) in [6.45, 7) is 1.48. The van der Waals surface area contributed by atoms with Gasteiger partial charge in [0.05, 0.1) is 12.3 Å². The van der Waals surface area contributed by atoms with Crippen LogP contribution in [0.15, 0.2) is 41.3 Å². The minimum absolute atomic E-state index is 0.159. The fourth-order valence-electron chi connectivity index (χ4n) is 2.35. The Morgan fingerprint density at radius 3 is 2.85 bits per heavy atom. The standard InChI is InChI=1S/C17H14F2N4O3/c1-2-26-16-17(25)23(15-13(22-16)4-3-7-20-15)9-14(24)21-12-6-5-10(18)8-11(12)19/h3-8H,2,9H2,1H3,(H,21,24). The van der Waals surface area contributed by atoms with Gasteiger partial charge in [0.2, 0.25) is 5.91 Å². The van der Waals surface area contributed by atoms with E-state index < -0.39 is 29.6 Å². The zero-order valence-corrected chi connectivity index (χ0v) is 13.7. The molecule has 2 aromatic heterocycles. The average molecular weight is 360 g/mol. The molecule has 0 saturated carbocycles. The highest BCUT2D eigenvalue weighted by Crippen LogP contribution is 2.15. The Morgan fingerprint density at radius 1 is 1.31 bits per heavy atom. The van der Waals surface area contributed by atoms with Crippen LogP contribution in [-0.2, 0) is 11.3 Å². The molecular formula is C17H14F2N4O3. The number of carbonyl (C=O) groups excluding carboxylic acids is 1. The molecule has 3 aromatic rings. The normalized spacial score (nSPS) is 10.7. The number of rotatable bonds is 5. The van der Waals surface area contributed by atoms with E-state index >= 15 is 0 Å². The SMILES string of the molecule is CCOc1nc2cccnc2n(CC(=O)Nc2ccc(F)cc2F)c1=O. The highest BCUT2D eigenvalue weighted by atomic mass is 19.1. The molecule has 26 heavy (non-hydrogen) atoms. The van der Waals surface area contributed by atoms with Crippen molar-refractivity contribution in [2.75, 3.05) is 11.9 Å². The summed E-state index contributed by atoms with van der Waals surface area (Å²) in [4.78, 5) is 32.9. The second kappa shape index (κ2) is 7.26. The number of benzene rings is 1. The van der Waals surface area contributed by atoms with Crippen LogP contribution in [0.4, 0.5) is 14.5 Å². The summed E-state index contributed by atoms with van der Waals surface area (Å²) in [5, 5.41) is 2.30. The van der Waals surface area contributed by atoms with Crippen LogP contribution >= 0.6 is 0 Å². The van der Waals surface area contributed by atoms with E-state index in [4.69, 9.17) is 4.74 Å². The van der Waals surface area contributed by atoms with Crippen molar-refractivity contribution in [1.82, 2.24) is 14.5 Å². The molecule has 3 rings (SSSR count). The van der Waals surface area contributed by atoms with E-state index in [1.54, 1.807) is 19.1 Å². The number of carbonyl (C=O) groups is 1. The molecule has 0 bridgehead atoms. The molecule has 0 spiro atoms. The summed E-state index contributed by atoms with van der Waals surface area (Å²) in [6.07, 6.45) is 1.46. The van der Waals surface area contributed by atoms with Gasteiger partial charge in [-0.1, -0.05) is 0 Å². The minimum atomic E-state index is -0.918. The molecule has 7 nitrogen and oxygen atoms in total. The van der Waals surface area contributed by atoms with Crippen LogP contribution in [0.1, 0.15) is 6.92 Å². The van der Waals surface area contributed by atoms with Gasteiger partial charge in [0.25, 0.3) is 5.88 Å². The van der Waals surface area contributed by atoms with Gasteiger partial charge in [-0.3, -0.25) is 14.2 Å². The molecule has 1 aromatic carbocycles. The van der Waals surface area contributed by atoms with Gasteiger partial charge in [-0.25, -0.2) is 18.7 Å². The summed E-state index contributed by atoms with van der Waals surface area (Å²) in [7, 11) is 0. The Bertz CT molecular complexity index is 1040. The minimum Gasteiger partial charge on any atom is -0.474 e. The van der Waals surface area contributed by atoms with Crippen molar-refractivity contribution < 1.29 is 18.3 Å². The van der Waals surface area contributed by atoms with Gasteiger partial charge >= 0.3 is 5.56 Å². The van der Waals surface area contributed by atoms with Crippen LogP contribution in [-0.4, -0.2) is 27.0 Å². The van der Waals surface area contributed by atoms with Crippen molar-refractivity contribution in [2.24, 2.45) is 0 Å². The van der Waals surface area contributed by atoms with E-state index in [1.165, 1.54) is 6.20 Å². The number of nitrogens with one attached hydrogen (secondary N) is 1. The third-order valence-electron chi connectivity index (χ3n) is 3.46. The molecule has 0 aliphatic heterocycles. The second-order valence-electron chi connectivity index (χ2n) is 5.26. The Labute approximate surface area is 146 Å². The molecule has 9 heteroatoms. The Hall–Kier alpha value is -3.36.